The van der Waals surface area contributed by atoms with E-state index >= 15 is 0 Å². The third kappa shape index (κ3) is 4.20. The van der Waals surface area contributed by atoms with Gasteiger partial charge in [-0.3, -0.25) is 4.79 Å². The van der Waals surface area contributed by atoms with Gasteiger partial charge >= 0.3 is 0 Å². The van der Waals surface area contributed by atoms with Gasteiger partial charge in [0.2, 0.25) is 0 Å². The molecule has 5 nitrogen and oxygen atoms in total. The highest BCUT2D eigenvalue weighted by Gasteiger charge is 2.16. The van der Waals surface area contributed by atoms with Crippen molar-refractivity contribution < 1.29 is 4.79 Å². The predicted molar refractivity (Wildman–Crippen MR) is 99.3 cm³/mol. The number of hydrazone groups is 1. The van der Waals surface area contributed by atoms with Gasteiger partial charge in [0.05, 0.1) is 11.2 Å². The Bertz CT molecular complexity index is 842. The first kappa shape index (κ1) is 17.7. The van der Waals surface area contributed by atoms with Crippen LogP contribution in [0.2, 0.25) is 10.0 Å². The number of nitrogens with one attached hydrogen (secondary N) is 1. The molecule has 1 amide bonds. The van der Waals surface area contributed by atoms with Gasteiger partial charge in [0.1, 0.15) is 10.7 Å². The smallest absolute Gasteiger partial charge is 0.285 e. The summed E-state index contributed by atoms with van der Waals surface area (Å²) in [6, 6.07) is 4.96. The zero-order chi connectivity index (χ0) is 17.0. The zero-order valence-electron chi connectivity index (χ0n) is 11.8. The molecule has 0 atom stereocenters. The van der Waals surface area contributed by atoms with Crippen molar-refractivity contribution in [2.45, 2.75) is 6.54 Å². The number of rotatable bonds is 5. The van der Waals surface area contributed by atoms with E-state index in [0.29, 0.717) is 31.0 Å². The van der Waals surface area contributed by atoms with Crippen LogP contribution in [0.15, 0.2) is 36.0 Å². The monoisotopic (exact) mass is 386 g/mol. The molecule has 2 rings (SSSR count). The van der Waals surface area contributed by atoms with E-state index in [0.717, 1.165) is 11.3 Å². The number of aromatic nitrogens is 1. The predicted octanol–water partition coefficient (Wildman–Crippen LogP) is 4.12. The van der Waals surface area contributed by atoms with Crippen LogP contribution < -0.4 is 11.2 Å². The molecule has 3 N–H and O–H groups in total. The van der Waals surface area contributed by atoms with Crippen molar-refractivity contribution in [1.29, 1.82) is 0 Å². The third-order valence-corrected chi connectivity index (χ3v) is 4.81. The molecule has 0 aliphatic carbocycles. The fourth-order valence-electron chi connectivity index (χ4n) is 1.70. The number of carbonyl (C=O) groups is 1. The van der Waals surface area contributed by atoms with Gasteiger partial charge in [-0.15, -0.1) is 6.58 Å². The average Bonchev–Trinajstić information content (AvgIpc) is 2.78. The quantitative estimate of drug-likeness (QED) is 0.351. The first-order valence-electron chi connectivity index (χ1n) is 6.32. The molecule has 23 heavy (non-hydrogen) atoms. The van der Waals surface area contributed by atoms with Crippen molar-refractivity contribution in [1.82, 2.24) is 9.99 Å². The number of nitrogen functional groups attached to an aromatic ring is 1. The van der Waals surface area contributed by atoms with E-state index in [-0.39, 0.29) is 5.82 Å². The van der Waals surface area contributed by atoms with Gasteiger partial charge in [-0.25, -0.2) is 5.43 Å². The summed E-state index contributed by atoms with van der Waals surface area (Å²) < 4.78 is 2.12. The lowest BCUT2D eigenvalue weighted by Crippen LogP contribution is -2.18. The summed E-state index contributed by atoms with van der Waals surface area (Å²) in [5.74, 6) is -0.153. The molecule has 0 saturated carbocycles. The lowest BCUT2D eigenvalue weighted by atomic mass is 10.2. The van der Waals surface area contributed by atoms with Crippen LogP contribution in [0.3, 0.4) is 0 Å². The maximum atomic E-state index is 12.1. The lowest BCUT2D eigenvalue weighted by Gasteiger charge is -2.02. The number of carbonyl (C=O) groups excluding carboxylic acids is 1. The average molecular weight is 387 g/mol. The van der Waals surface area contributed by atoms with E-state index < -0.39 is 5.91 Å². The molecule has 1 aromatic heterocycles. The fraction of sp³-hybridized carbons (Fsp3) is 0.0714. The van der Waals surface area contributed by atoms with Crippen LogP contribution in [-0.4, -0.2) is 16.7 Å². The molecule has 9 heteroatoms. The van der Waals surface area contributed by atoms with Gasteiger partial charge in [-0.1, -0.05) is 46.7 Å². The van der Waals surface area contributed by atoms with Gasteiger partial charge in [-0.2, -0.15) is 5.10 Å². The van der Waals surface area contributed by atoms with E-state index in [1.165, 1.54) is 6.21 Å². The molecule has 0 aliphatic rings. The van der Waals surface area contributed by atoms with Crippen molar-refractivity contribution >= 4 is 64.7 Å². The standard InChI is InChI=1S/C14H12Cl2N4OS2/c1-2-5-20-12(17)11(23-14(20)22)13(21)19-18-7-8-3-4-9(15)6-10(8)16/h2-4,6-7H,1,5,17H2,(H,19,21)/b18-7+. The number of anilines is 1. The van der Waals surface area contributed by atoms with Gasteiger partial charge in [-0.05, 0) is 24.4 Å². The summed E-state index contributed by atoms with van der Waals surface area (Å²) in [6.07, 6.45) is 3.08. The summed E-state index contributed by atoms with van der Waals surface area (Å²) in [7, 11) is 0. The van der Waals surface area contributed by atoms with Crippen LogP contribution in [0.1, 0.15) is 15.2 Å². The minimum Gasteiger partial charge on any atom is -0.384 e. The highest BCUT2D eigenvalue weighted by molar-refractivity contribution is 7.73. The summed E-state index contributed by atoms with van der Waals surface area (Å²) in [4.78, 5) is 12.4. The third-order valence-electron chi connectivity index (χ3n) is 2.78. The maximum Gasteiger partial charge on any atom is 0.285 e. The molecular weight excluding hydrogens is 375 g/mol. The fourth-order valence-corrected chi connectivity index (χ4v) is 3.39. The second-order valence-corrected chi connectivity index (χ2v) is 6.83. The van der Waals surface area contributed by atoms with Crippen LogP contribution >= 0.6 is 46.8 Å². The van der Waals surface area contributed by atoms with Gasteiger partial charge < -0.3 is 10.3 Å². The minimum atomic E-state index is -0.442. The Kier molecular flexibility index (Phi) is 5.95. The van der Waals surface area contributed by atoms with E-state index in [2.05, 4.69) is 17.1 Å². The molecule has 2 aromatic rings. The summed E-state index contributed by atoms with van der Waals surface area (Å²) in [6.45, 7) is 4.07. The van der Waals surface area contributed by atoms with Crippen molar-refractivity contribution in [3.8, 4) is 0 Å². The van der Waals surface area contributed by atoms with Crippen LogP contribution in [0.25, 0.3) is 0 Å². The topological polar surface area (TPSA) is 72.4 Å². The second kappa shape index (κ2) is 7.74. The molecule has 1 heterocycles. The summed E-state index contributed by atoms with van der Waals surface area (Å²) in [5, 5.41) is 4.82. The number of halogens is 2. The number of amides is 1. The number of benzene rings is 1. The molecule has 0 aliphatic heterocycles. The van der Waals surface area contributed by atoms with Crippen molar-refractivity contribution in [3.63, 3.8) is 0 Å². The number of allylic oxidation sites excluding steroid dienone is 1. The van der Waals surface area contributed by atoms with Gasteiger partial charge in [0.25, 0.3) is 5.91 Å². The van der Waals surface area contributed by atoms with E-state index in [9.17, 15) is 4.79 Å². The van der Waals surface area contributed by atoms with Crippen LogP contribution in [0, 0.1) is 3.95 Å². The highest BCUT2D eigenvalue weighted by Crippen LogP contribution is 2.22. The van der Waals surface area contributed by atoms with E-state index in [4.69, 9.17) is 41.2 Å². The minimum absolute atomic E-state index is 0.289. The Morgan fingerprint density at radius 3 is 2.91 bits per heavy atom. The number of hydrogen-bond donors (Lipinski definition) is 2. The number of nitrogens with zero attached hydrogens (tertiary/aromatic N) is 2. The summed E-state index contributed by atoms with van der Waals surface area (Å²) >= 11 is 18.1. The molecule has 0 radical (unpaired) electrons. The Morgan fingerprint density at radius 1 is 1.52 bits per heavy atom. The van der Waals surface area contributed by atoms with E-state index in [1.54, 1.807) is 28.8 Å². The first-order valence-corrected chi connectivity index (χ1v) is 8.30. The van der Waals surface area contributed by atoms with Crippen LogP contribution in [0.5, 0.6) is 0 Å². The number of hydrogen-bond acceptors (Lipinski definition) is 5. The molecule has 0 saturated heterocycles. The zero-order valence-corrected chi connectivity index (χ0v) is 14.9. The van der Waals surface area contributed by atoms with E-state index in [1.807, 2.05) is 0 Å². The molecule has 1 aromatic carbocycles. The van der Waals surface area contributed by atoms with Crippen LogP contribution in [0.4, 0.5) is 5.82 Å². The van der Waals surface area contributed by atoms with Crippen molar-refractivity contribution in [2.75, 3.05) is 5.73 Å². The summed E-state index contributed by atoms with van der Waals surface area (Å²) in [5.41, 5.74) is 8.95. The molecule has 0 spiro atoms. The highest BCUT2D eigenvalue weighted by atomic mass is 35.5. The van der Waals surface area contributed by atoms with Gasteiger partial charge in [0.15, 0.2) is 3.95 Å². The molecule has 0 fully saturated rings. The molecular formula is C14H12Cl2N4OS2. The van der Waals surface area contributed by atoms with Crippen LogP contribution in [-0.2, 0) is 6.54 Å². The molecule has 0 unspecified atom stereocenters. The SMILES string of the molecule is C=CCn1c(N)c(C(=O)N/N=C/c2ccc(Cl)cc2Cl)sc1=S. The second-order valence-electron chi connectivity index (χ2n) is 4.35. The first-order chi connectivity index (χ1) is 10.9. The molecule has 120 valence electrons. The Balaban J connectivity index is 2.13. The maximum absolute atomic E-state index is 12.1. The largest absolute Gasteiger partial charge is 0.384 e. The normalized spacial score (nSPS) is 10.9. The number of thiazole rings is 1. The lowest BCUT2D eigenvalue weighted by molar-refractivity contribution is 0.0959. The molecule has 0 bridgehead atoms. The van der Waals surface area contributed by atoms with Crippen molar-refractivity contribution in [3.05, 3.63) is 55.3 Å². The number of nitrogens with two attached hydrogens (primary N) is 1. The van der Waals surface area contributed by atoms with Crippen molar-refractivity contribution in [2.24, 2.45) is 5.10 Å². The Morgan fingerprint density at radius 2 is 2.26 bits per heavy atom. The van der Waals surface area contributed by atoms with Gasteiger partial charge in [0, 0.05) is 17.1 Å². The Hall–Kier alpha value is -1.67. The Labute approximate surface area is 152 Å².